The van der Waals surface area contributed by atoms with Crippen LogP contribution in [-0.2, 0) is 58.2 Å². The largest absolute Gasteiger partial charge is 0.460 e. The van der Waals surface area contributed by atoms with Gasteiger partial charge in [0.05, 0.1) is 17.7 Å². The van der Waals surface area contributed by atoms with Crippen LogP contribution in [0.5, 0.6) is 0 Å². The summed E-state index contributed by atoms with van der Waals surface area (Å²) in [5.41, 5.74) is 3.61. The van der Waals surface area contributed by atoms with Crippen molar-refractivity contribution in [3.05, 3.63) is 89.2 Å². The molecule has 3 heterocycles. The maximum atomic E-state index is 14.6. The van der Waals surface area contributed by atoms with Gasteiger partial charge in [-0.3, -0.25) is 28.8 Å². The molecule has 0 radical (unpaired) electrons. The first-order valence-corrected chi connectivity index (χ1v) is 21.9. The fourth-order valence-electron chi connectivity index (χ4n) is 8.49. The fourth-order valence-corrected chi connectivity index (χ4v) is 10.1. The highest BCUT2D eigenvalue weighted by Gasteiger charge is 2.64. The Morgan fingerprint density at radius 2 is 1.66 bits per heavy atom. The molecule has 2 aromatic rings. The number of amides is 4. The second kappa shape index (κ2) is 16.4. The van der Waals surface area contributed by atoms with Gasteiger partial charge in [0.15, 0.2) is 0 Å². The van der Waals surface area contributed by atoms with Crippen LogP contribution in [0, 0.1) is 11.8 Å². The molecular weight excluding hydrogens is 761 g/mol. The van der Waals surface area contributed by atoms with E-state index in [4.69, 9.17) is 9.47 Å². The molecule has 3 aliphatic heterocycles. The Labute approximate surface area is 340 Å². The lowest BCUT2D eigenvalue weighted by atomic mass is 9.95. The van der Waals surface area contributed by atoms with Crippen LogP contribution in [0.2, 0.25) is 0 Å². The molecule has 58 heavy (non-hydrogen) atoms. The minimum absolute atomic E-state index is 0.0557. The van der Waals surface area contributed by atoms with E-state index < -0.39 is 79.7 Å². The molecule has 2 N–H and O–H groups in total. The smallest absolute Gasteiger partial charge is 0.410 e. The molecule has 0 unspecified atom stereocenters. The van der Waals surface area contributed by atoms with Crippen LogP contribution in [0.1, 0.15) is 102 Å². The third kappa shape index (κ3) is 9.18. The normalized spacial score (nSPS) is 26.8. The first kappa shape index (κ1) is 41.2. The van der Waals surface area contributed by atoms with Crippen LogP contribution in [-0.4, -0.2) is 82.6 Å². The molecule has 2 saturated carbocycles. The number of benzene rings is 2. The van der Waals surface area contributed by atoms with Gasteiger partial charge in [0, 0.05) is 31.3 Å². The lowest BCUT2D eigenvalue weighted by molar-refractivity contribution is -0.159. The average Bonchev–Trinajstić information content (AvgIpc) is 3.99. The molecule has 0 spiro atoms. The van der Waals surface area contributed by atoms with Crippen molar-refractivity contribution in [2.45, 2.75) is 133 Å². The van der Waals surface area contributed by atoms with Gasteiger partial charge >= 0.3 is 12.1 Å². The van der Waals surface area contributed by atoms with Crippen molar-refractivity contribution in [1.29, 1.82) is 0 Å². The summed E-state index contributed by atoms with van der Waals surface area (Å²) < 4.78 is 40.6. The molecule has 5 atom stereocenters. The number of carbonyl (C=O) groups is 5. The molecule has 5 aliphatic rings. The van der Waals surface area contributed by atoms with Crippen LogP contribution in [0.4, 0.5) is 4.79 Å². The van der Waals surface area contributed by atoms with E-state index in [2.05, 4.69) is 15.8 Å². The van der Waals surface area contributed by atoms with Gasteiger partial charge in [0.2, 0.25) is 21.8 Å². The van der Waals surface area contributed by atoms with E-state index in [0.29, 0.717) is 45.2 Å². The van der Waals surface area contributed by atoms with Crippen molar-refractivity contribution in [3.63, 3.8) is 0 Å². The highest BCUT2D eigenvalue weighted by Crippen LogP contribution is 2.49. The Hall–Kier alpha value is -4.94. The predicted molar refractivity (Wildman–Crippen MR) is 214 cm³/mol. The van der Waals surface area contributed by atoms with E-state index >= 15 is 0 Å². The van der Waals surface area contributed by atoms with Crippen LogP contribution in [0.3, 0.4) is 0 Å². The predicted octanol–water partition coefficient (Wildman–Crippen LogP) is 5.23. The van der Waals surface area contributed by atoms with Crippen molar-refractivity contribution in [1.82, 2.24) is 19.8 Å². The van der Waals surface area contributed by atoms with Gasteiger partial charge in [-0.1, -0.05) is 67.4 Å². The third-order valence-corrected chi connectivity index (χ3v) is 14.1. The van der Waals surface area contributed by atoms with Crippen molar-refractivity contribution in [3.8, 4) is 0 Å². The van der Waals surface area contributed by atoms with Crippen molar-refractivity contribution in [2.75, 3.05) is 6.54 Å². The maximum Gasteiger partial charge on any atom is 0.410 e. The van der Waals surface area contributed by atoms with Gasteiger partial charge < -0.3 is 19.7 Å². The molecule has 4 amide bonds. The standard InChI is InChI=1S/C44H54N4O9S/c1-42(2,3)57-37(49)23-31-17-11-6-4-5-7-12-20-34-26-44(34,40(52)46-58(54,55)43(21-22-43)25-30-15-9-8-10-16-30)45-38(50)36-24-35(29-48(36)39(31)51)56-41(53)47-27-32-18-13-14-19-33(32)28-47/h7-10,13-16,18-20,31,34-36H,4-6,11,17,21-29H2,1-3H3,(H,45,50)(H,46,52)/t12?,31-,34-,35-,36+,44-/m1/s1. The Bertz CT molecular complexity index is 2080. The number of sulfonamides is 1. The van der Waals surface area contributed by atoms with E-state index in [0.717, 1.165) is 29.5 Å². The Morgan fingerprint density at radius 3 is 2.33 bits per heavy atom. The van der Waals surface area contributed by atoms with E-state index in [1.807, 2.05) is 60.7 Å². The summed E-state index contributed by atoms with van der Waals surface area (Å²) in [5, 5.41) is 2.88. The summed E-state index contributed by atoms with van der Waals surface area (Å²) in [4.78, 5) is 72.9. The van der Waals surface area contributed by atoms with E-state index in [-0.39, 0.29) is 32.2 Å². The quantitative estimate of drug-likeness (QED) is 0.268. The number of rotatable bonds is 8. The third-order valence-electron chi connectivity index (χ3n) is 12.0. The minimum Gasteiger partial charge on any atom is -0.460 e. The van der Waals surface area contributed by atoms with E-state index in [1.165, 1.54) is 4.90 Å². The molecule has 1 saturated heterocycles. The number of ether oxygens (including phenoxy) is 2. The topological polar surface area (TPSA) is 168 Å². The summed E-state index contributed by atoms with van der Waals surface area (Å²) >= 11 is 0. The summed E-state index contributed by atoms with van der Waals surface area (Å²) in [6.45, 7) is 5.88. The molecule has 7 rings (SSSR count). The van der Waals surface area contributed by atoms with Gasteiger partial charge in [0.1, 0.15) is 23.3 Å². The highest BCUT2D eigenvalue weighted by molar-refractivity contribution is 7.91. The number of carbonyl (C=O) groups excluding carboxylic acids is 5. The maximum absolute atomic E-state index is 14.6. The van der Waals surface area contributed by atoms with Crippen LogP contribution >= 0.6 is 0 Å². The Balaban J connectivity index is 1.14. The summed E-state index contributed by atoms with van der Waals surface area (Å²) in [5.74, 6) is -3.89. The first-order valence-electron chi connectivity index (χ1n) is 20.5. The molecule has 2 aromatic carbocycles. The molecule has 310 valence electrons. The number of nitrogens with zero attached hydrogens (tertiary/aromatic N) is 2. The molecular formula is C44H54N4O9S. The molecule has 13 nitrogen and oxygen atoms in total. The number of nitrogens with one attached hydrogen (secondary N) is 2. The van der Waals surface area contributed by atoms with Crippen LogP contribution in [0.15, 0.2) is 72.5 Å². The first-order chi connectivity index (χ1) is 27.6. The van der Waals surface area contributed by atoms with Gasteiger partial charge in [-0.2, -0.15) is 0 Å². The lowest BCUT2D eigenvalue weighted by Crippen LogP contribution is -2.57. The zero-order valence-corrected chi connectivity index (χ0v) is 34.4. The number of fused-ring (bicyclic) bond motifs is 3. The van der Waals surface area contributed by atoms with E-state index in [1.54, 1.807) is 31.7 Å². The Kier molecular flexibility index (Phi) is 11.6. The Morgan fingerprint density at radius 1 is 0.966 bits per heavy atom. The monoisotopic (exact) mass is 814 g/mol. The SMILES string of the molecule is CC(C)(C)OC(=O)C[C@H]1CCCCCC=C=C[C@@H]2C[C@@]2(C(=O)NS(=O)(=O)C2(Cc3ccccc3)CC2)NC(=O)[C@@H]2C[C@@H](OC(=O)N3Cc4ccccc4C3)CN2C1=O. The summed E-state index contributed by atoms with van der Waals surface area (Å²) in [6, 6.07) is 15.8. The lowest BCUT2D eigenvalue weighted by Gasteiger charge is -2.30. The summed E-state index contributed by atoms with van der Waals surface area (Å²) in [7, 11) is -4.17. The molecule has 0 bridgehead atoms. The van der Waals surface area contributed by atoms with Gasteiger partial charge in [-0.25, -0.2) is 13.2 Å². The van der Waals surface area contributed by atoms with Gasteiger partial charge in [0.25, 0.3) is 5.91 Å². The van der Waals surface area contributed by atoms with E-state index in [9.17, 15) is 32.4 Å². The van der Waals surface area contributed by atoms with Gasteiger partial charge in [-0.05, 0) is 94.6 Å². The zero-order valence-electron chi connectivity index (χ0n) is 33.5. The number of esters is 1. The van der Waals surface area contributed by atoms with Crippen LogP contribution in [0.25, 0.3) is 0 Å². The molecule has 14 heteroatoms. The zero-order chi connectivity index (χ0) is 41.3. The van der Waals surface area contributed by atoms with Crippen molar-refractivity contribution >= 4 is 39.8 Å². The molecule has 2 aliphatic carbocycles. The minimum atomic E-state index is -4.17. The molecule has 0 aromatic heterocycles. The second-order valence-corrected chi connectivity index (χ2v) is 19.7. The molecule has 3 fully saturated rings. The summed E-state index contributed by atoms with van der Waals surface area (Å²) in [6.07, 6.45) is 6.29. The average molecular weight is 815 g/mol. The van der Waals surface area contributed by atoms with Gasteiger partial charge in [-0.15, -0.1) is 5.73 Å². The van der Waals surface area contributed by atoms with Crippen LogP contribution < -0.4 is 10.0 Å². The second-order valence-electron chi connectivity index (χ2n) is 17.6. The fraction of sp³-hybridized carbons (Fsp3) is 0.545. The number of hydrogen-bond acceptors (Lipinski definition) is 9. The van der Waals surface area contributed by atoms with Crippen molar-refractivity contribution in [2.24, 2.45) is 11.8 Å². The number of hydrogen-bond donors (Lipinski definition) is 2. The van der Waals surface area contributed by atoms with Crippen molar-refractivity contribution < 1.29 is 41.9 Å². The highest BCUT2D eigenvalue weighted by atomic mass is 32.2.